The van der Waals surface area contributed by atoms with Gasteiger partial charge in [-0.15, -0.1) is 0 Å². The summed E-state index contributed by atoms with van der Waals surface area (Å²) in [7, 11) is -4.07. The van der Waals surface area contributed by atoms with Gasteiger partial charge >= 0.3 is 0 Å². The maximum Gasteiger partial charge on any atom is 0.237 e. The largest absolute Gasteiger partial charge is 0.438 e. The maximum absolute atomic E-state index is 14.9. The Bertz CT molecular complexity index is 1530. The lowest BCUT2D eigenvalue weighted by Crippen LogP contribution is -2.38. The van der Waals surface area contributed by atoms with Gasteiger partial charge in [0.1, 0.15) is 11.4 Å². The Labute approximate surface area is 224 Å². The molecule has 1 aliphatic heterocycles. The molecule has 2 aromatic heterocycles. The summed E-state index contributed by atoms with van der Waals surface area (Å²) in [4.78, 5) is 13.1. The average Bonchev–Trinajstić information content (AvgIpc) is 2.92. The monoisotopic (exact) mass is 552 g/mol. The molecular formula is C27H26F2N6O3S. The van der Waals surface area contributed by atoms with Crippen molar-refractivity contribution in [1.82, 2.24) is 20.3 Å². The van der Waals surface area contributed by atoms with Crippen LogP contribution in [0.5, 0.6) is 11.6 Å². The zero-order valence-electron chi connectivity index (χ0n) is 20.8. The molecule has 1 atom stereocenters. The van der Waals surface area contributed by atoms with Crippen LogP contribution < -0.4 is 20.1 Å². The van der Waals surface area contributed by atoms with Gasteiger partial charge in [0.25, 0.3) is 0 Å². The van der Waals surface area contributed by atoms with Crippen molar-refractivity contribution in [2.45, 2.75) is 24.6 Å². The van der Waals surface area contributed by atoms with Gasteiger partial charge in [-0.25, -0.2) is 32.2 Å². The number of hydrogen-bond acceptors (Lipinski definition) is 8. The molecule has 1 saturated heterocycles. The second-order valence-electron chi connectivity index (χ2n) is 9.02. The van der Waals surface area contributed by atoms with Crippen LogP contribution in [0.15, 0.2) is 73.1 Å². The Hall–Kier alpha value is -4.16. The van der Waals surface area contributed by atoms with Crippen molar-refractivity contribution in [3.8, 4) is 22.9 Å². The number of anilines is 2. The van der Waals surface area contributed by atoms with E-state index in [2.05, 4.69) is 25.6 Å². The molecule has 0 amide bonds. The molecule has 202 valence electrons. The predicted molar refractivity (Wildman–Crippen MR) is 144 cm³/mol. The van der Waals surface area contributed by atoms with Gasteiger partial charge in [-0.2, -0.15) is 0 Å². The summed E-state index contributed by atoms with van der Waals surface area (Å²) in [6.45, 7) is 1.79. The normalized spacial score (nSPS) is 15.5. The van der Waals surface area contributed by atoms with E-state index in [1.54, 1.807) is 54.7 Å². The lowest BCUT2D eigenvalue weighted by atomic mass is 10.1. The first-order valence-electron chi connectivity index (χ1n) is 12.3. The van der Waals surface area contributed by atoms with Crippen LogP contribution in [0.25, 0.3) is 11.3 Å². The lowest BCUT2D eigenvalue weighted by Gasteiger charge is -2.23. The van der Waals surface area contributed by atoms with Crippen LogP contribution in [0.1, 0.15) is 18.4 Å². The first-order valence-corrected chi connectivity index (χ1v) is 14.0. The Morgan fingerprint density at radius 3 is 2.54 bits per heavy atom. The van der Waals surface area contributed by atoms with Crippen molar-refractivity contribution >= 4 is 21.7 Å². The molecule has 0 spiro atoms. The van der Waals surface area contributed by atoms with Crippen molar-refractivity contribution in [3.63, 3.8) is 0 Å². The van der Waals surface area contributed by atoms with E-state index in [1.807, 2.05) is 4.72 Å². The topological polar surface area (TPSA) is 118 Å². The molecule has 0 aliphatic carbocycles. The van der Waals surface area contributed by atoms with E-state index >= 15 is 0 Å². The van der Waals surface area contributed by atoms with E-state index in [4.69, 9.17) is 4.74 Å². The highest BCUT2D eigenvalue weighted by molar-refractivity contribution is 7.91. The fraction of sp³-hybridized carbons (Fsp3) is 0.222. The second kappa shape index (κ2) is 11.7. The fourth-order valence-corrected chi connectivity index (χ4v) is 5.42. The summed E-state index contributed by atoms with van der Waals surface area (Å²) >= 11 is 0. The number of piperidine rings is 1. The van der Waals surface area contributed by atoms with Crippen LogP contribution in [0.3, 0.4) is 0 Å². The van der Waals surface area contributed by atoms with Crippen molar-refractivity contribution in [1.29, 1.82) is 0 Å². The van der Waals surface area contributed by atoms with Gasteiger partial charge in [0.15, 0.2) is 11.6 Å². The van der Waals surface area contributed by atoms with Crippen molar-refractivity contribution in [2.24, 2.45) is 0 Å². The molecule has 39 heavy (non-hydrogen) atoms. The highest BCUT2D eigenvalue weighted by atomic mass is 32.2. The van der Waals surface area contributed by atoms with E-state index in [1.165, 1.54) is 6.20 Å². The van der Waals surface area contributed by atoms with E-state index in [0.717, 1.165) is 38.1 Å². The summed E-state index contributed by atoms with van der Waals surface area (Å²) < 4.78 is 62.5. The van der Waals surface area contributed by atoms with Crippen LogP contribution in [0.4, 0.5) is 20.4 Å². The minimum atomic E-state index is -4.07. The number of nitrogens with one attached hydrogen (secondary N) is 3. The molecule has 9 nitrogen and oxygen atoms in total. The number of pyridine rings is 1. The molecule has 12 heteroatoms. The summed E-state index contributed by atoms with van der Waals surface area (Å²) in [5.74, 6) is -2.38. The molecule has 4 aromatic rings. The maximum atomic E-state index is 14.9. The second-order valence-corrected chi connectivity index (χ2v) is 10.7. The van der Waals surface area contributed by atoms with Crippen molar-refractivity contribution < 1.29 is 21.9 Å². The van der Waals surface area contributed by atoms with Crippen LogP contribution in [0, 0.1) is 11.6 Å². The molecule has 1 fully saturated rings. The van der Waals surface area contributed by atoms with Crippen LogP contribution in [-0.2, 0) is 15.8 Å². The van der Waals surface area contributed by atoms with Gasteiger partial charge in [-0.1, -0.05) is 30.3 Å². The lowest BCUT2D eigenvalue weighted by molar-refractivity contribution is 0.454. The van der Waals surface area contributed by atoms with E-state index < -0.39 is 33.1 Å². The first-order chi connectivity index (χ1) is 18.9. The van der Waals surface area contributed by atoms with Crippen molar-refractivity contribution in [3.05, 3.63) is 90.3 Å². The average molecular weight is 553 g/mol. The number of ether oxygens (including phenoxy) is 1. The zero-order chi connectivity index (χ0) is 27.2. The van der Waals surface area contributed by atoms with Crippen LogP contribution >= 0.6 is 0 Å². The minimum absolute atomic E-state index is 0.0673. The Kier molecular flexibility index (Phi) is 7.94. The highest BCUT2D eigenvalue weighted by Crippen LogP contribution is 2.33. The van der Waals surface area contributed by atoms with Gasteiger partial charge in [0, 0.05) is 37.1 Å². The minimum Gasteiger partial charge on any atom is -0.438 e. The summed E-state index contributed by atoms with van der Waals surface area (Å²) in [5, 5.41) is 6.64. The van der Waals surface area contributed by atoms with Crippen LogP contribution in [0.2, 0.25) is 0 Å². The van der Waals surface area contributed by atoms with Gasteiger partial charge in [0.05, 0.1) is 17.0 Å². The van der Waals surface area contributed by atoms with Gasteiger partial charge in [-0.3, -0.25) is 4.72 Å². The third kappa shape index (κ3) is 6.84. The third-order valence-corrected chi connectivity index (χ3v) is 7.25. The first kappa shape index (κ1) is 26.4. The van der Waals surface area contributed by atoms with Crippen molar-refractivity contribution in [2.75, 3.05) is 23.1 Å². The predicted octanol–water partition coefficient (Wildman–Crippen LogP) is 4.71. The van der Waals surface area contributed by atoms with E-state index in [9.17, 15) is 17.2 Å². The smallest absolute Gasteiger partial charge is 0.237 e. The molecule has 5 rings (SSSR count). The quantitative estimate of drug-likeness (QED) is 0.273. The Morgan fingerprint density at radius 2 is 1.79 bits per heavy atom. The molecule has 1 aliphatic rings. The van der Waals surface area contributed by atoms with Crippen LogP contribution in [-0.4, -0.2) is 42.5 Å². The summed E-state index contributed by atoms with van der Waals surface area (Å²) in [5.41, 5.74) is 0.680. The molecule has 0 radical (unpaired) electrons. The summed E-state index contributed by atoms with van der Waals surface area (Å²) in [6.07, 6.45) is 5.13. The number of hydrogen-bond donors (Lipinski definition) is 3. The molecule has 0 bridgehead atoms. The standard InChI is InChI=1S/C27H26F2N6O3S/c28-22-14-20(15-23(29)25(22)35-39(36,37)17-18-6-2-1-3-7-18)38-26-21(9-5-12-31-26)24-10-13-32-27(34-24)33-19-8-4-11-30-16-19/h1-3,5-7,9-10,12-15,19,30,35H,4,8,11,16-17H2,(H,32,33,34). The third-order valence-electron chi connectivity index (χ3n) is 6.02. The molecule has 3 heterocycles. The van der Waals surface area contributed by atoms with Gasteiger partial charge in [-0.05, 0) is 43.1 Å². The Balaban J connectivity index is 1.35. The number of benzene rings is 2. The molecule has 0 saturated carbocycles. The number of rotatable bonds is 9. The number of sulfonamides is 1. The zero-order valence-corrected chi connectivity index (χ0v) is 21.6. The number of aromatic nitrogens is 3. The number of halogens is 2. The number of nitrogens with zero attached hydrogens (tertiary/aromatic N) is 3. The Morgan fingerprint density at radius 1 is 1.00 bits per heavy atom. The molecule has 1 unspecified atom stereocenters. The highest BCUT2D eigenvalue weighted by Gasteiger charge is 2.21. The molecular weight excluding hydrogens is 526 g/mol. The fourth-order valence-electron chi connectivity index (χ4n) is 4.21. The molecule has 3 N–H and O–H groups in total. The van der Waals surface area contributed by atoms with Gasteiger partial charge < -0.3 is 15.4 Å². The van der Waals surface area contributed by atoms with E-state index in [-0.39, 0.29) is 17.7 Å². The SMILES string of the molecule is O=S(=O)(Cc1ccccc1)Nc1c(F)cc(Oc2ncccc2-c2ccnc(NC3CCCNC3)n2)cc1F. The summed E-state index contributed by atoms with van der Waals surface area (Å²) in [6, 6.07) is 15.4. The van der Waals surface area contributed by atoms with Gasteiger partial charge in [0.2, 0.25) is 21.9 Å². The molecule has 2 aromatic carbocycles. The van der Waals surface area contributed by atoms with E-state index in [0.29, 0.717) is 22.8 Å².